The third kappa shape index (κ3) is 2.32. The fourth-order valence-electron chi connectivity index (χ4n) is 3.56. The lowest BCUT2D eigenvalue weighted by molar-refractivity contribution is 0.391. The van der Waals surface area contributed by atoms with Gasteiger partial charge in [-0.1, -0.05) is 24.3 Å². The van der Waals surface area contributed by atoms with Crippen LogP contribution in [0, 0.1) is 0 Å². The molecule has 4 N–H and O–H groups in total. The van der Waals surface area contributed by atoms with E-state index in [1.54, 1.807) is 0 Å². The summed E-state index contributed by atoms with van der Waals surface area (Å²) in [4.78, 5) is 30.0. The van der Waals surface area contributed by atoms with Crippen LogP contribution in [-0.2, 0) is 13.0 Å². The summed E-state index contributed by atoms with van der Waals surface area (Å²) in [6.07, 6.45) is 2.31. The van der Waals surface area contributed by atoms with Crippen molar-refractivity contribution in [2.75, 3.05) is 6.54 Å². The van der Waals surface area contributed by atoms with Gasteiger partial charge >= 0.3 is 5.69 Å². The Balaban J connectivity index is 1.96. The average molecular weight is 338 g/mol. The zero-order chi connectivity index (χ0) is 17.6. The minimum absolute atomic E-state index is 0.112. The maximum Gasteiger partial charge on any atom is 0.331 e. The molecular weight excluding hydrogens is 320 g/mol. The monoisotopic (exact) mass is 338 g/mol. The smallest absolute Gasteiger partial charge is 0.331 e. The summed E-state index contributed by atoms with van der Waals surface area (Å²) in [5.41, 5.74) is 1.84. The predicted molar refractivity (Wildman–Crippen MR) is 95.0 cm³/mol. The number of H-pyrrole nitrogens is 2. The topological polar surface area (TPSA) is 103 Å². The summed E-state index contributed by atoms with van der Waals surface area (Å²) in [7, 11) is 0. The van der Waals surface area contributed by atoms with Crippen LogP contribution in [0.15, 0.2) is 46.5 Å². The van der Waals surface area contributed by atoms with E-state index in [1.807, 2.05) is 24.3 Å². The normalized spacial score (nSPS) is 16.7. The van der Waals surface area contributed by atoms with Gasteiger partial charge in [0.15, 0.2) is 0 Å². The maximum atomic E-state index is 12.4. The molecular formula is C18H18N4O3. The lowest BCUT2D eigenvalue weighted by Gasteiger charge is -2.25. The quantitative estimate of drug-likeness (QED) is 0.538. The first kappa shape index (κ1) is 15.5. The van der Waals surface area contributed by atoms with Gasteiger partial charge in [-0.3, -0.25) is 14.3 Å². The molecule has 3 aromatic rings. The lowest BCUT2D eigenvalue weighted by Crippen LogP contribution is -2.39. The standard InChI is InChI=1S/C18H18N4O3/c1-2-9-22-17(24)13(16(23)21-18(22)25)15-14-11(7-8-19-15)10-5-3-4-6-12(10)20-14/h2-6,15,19-20,24H,1,7-9H2,(H,21,23,25)/t15-/m0/s1. The van der Waals surface area contributed by atoms with Crippen LogP contribution in [0.4, 0.5) is 0 Å². The molecule has 1 aliphatic rings. The van der Waals surface area contributed by atoms with Gasteiger partial charge in [-0.25, -0.2) is 4.79 Å². The molecule has 0 saturated carbocycles. The van der Waals surface area contributed by atoms with Crippen molar-refractivity contribution in [1.82, 2.24) is 19.9 Å². The van der Waals surface area contributed by atoms with Gasteiger partial charge in [-0.15, -0.1) is 6.58 Å². The lowest BCUT2D eigenvalue weighted by atomic mass is 9.95. The molecule has 3 heterocycles. The van der Waals surface area contributed by atoms with Crippen LogP contribution < -0.4 is 16.6 Å². The minimum atomic E-state index is -0.654. The number of hydrogen-bond donors (Lipinski definition) is 4. The fraction of sp³-hybridized carbons (Fsp3) is 0.222. The molecule has 0 fully saturated rings. The van der Waals surface area contributed by atoms with Crippen LogP contribution in [0.1, 0.15) is 22.9 Å². The van der Waals surface area contributed by atoms with Gasteiger partial charge in [0.25, 0.3) is 5.56 Å². The van der Waals surface area contributed by atoms with E-state index >= 15 is 0 Å². The van der Waals surface area contributed by atoms with Crippen LogP contribution in [0.5, 0.6) is 5.88 Å². The van der Waals surface area contributed by atoms with E-state index in [9.17, 15) is 14.7 Å². The number of fused-ring (bicyclic) bond motifs is 3. The summed E-state index contributed by atoms with van der Waals surface area (Å²) >= 11 is 0. The molecule has 0 bridgehead atoms. The van der Waals surface area contributed by atoms with Crippen molar-refractivity contribution < 1.29 is 5.11 Å². The number of rotatable bonds is 3. The number of nitrogens with one attached hydrogen (secondary N) is 3. The second-order valence-corrected chi connectivity index (χ2v) is 6.10. The molecule has 1 aliphatic heterocycles. The number of allylic oxidation sites excluding steroid dienone is 1. The second kappa shape index (κ2) is 5.78. The molecule has 0 spiro atoms. The number of para-hydroxylation sites is 1. The van der Waals surface area contributed by atoms with Crippen molar-refractivity contribution in [2.24, 2.45) is 0 Å². The summed E-state index contributed by atoms with van der Waals surface area (Å²) in [6.45, 7) is 4.36. The summed E-state index contributed by atoms with van der Waals surface area (Å²) in [6, 6.07) is 7.42. The molecule has 0 unspecified atom stereocenters. The Labute approximate surface area is 142 Å². The van der Waals surface area contributed by atoms with Gasteiger partial charge in [0, 0.05) is 29.7 Å². The van der Waals surface area contributed by atoms with E-state index in [4.69, 9.17) is 0 Å². The average Bonchev–Trinajstić information content (AvgIpc) is 2.98. The number of aromatic hydroxyl groups is 1. The fourth-order valence-corrected chi connectivity index (χ4v) is 3.56. The Morgan fingerprint density at radius 1 is 1.28 bits per heavy atom. The van der Waals surface area contributed by atoms with Gasteiger partial charge in [0.2, 0.25) is 5.88 Å². The highest BCUT2D eigenvalue weighted by atomic mass is 16.3. The molecule has 7 heteroatoms. The number of aromatic nitrogens is 3. The van der Waals surface area contributed by atoms with Crippen LogP contribution in [0.25, 0.3) is 10.9 Å². The maximum absolute atomic E-state index is 12.4. The summed E-state index contributed by atoms with van der Waals surface area (Å²) < 4.78 is 1.10. The van der Waals surface area contributed by atoms with E-state index in [2.05, 4.69) is 21.9 Å². The molecule has 25 heavy (non-hydrogen) atoms. The molecule has 1 atom stereocenters. The SMILES string of the molecule is C=CCn1c(O)c([C@@H]2NCCc3c2[nH]c2ccccc32)c(=O)[nH]c1=O. The third-order valence-corrected chi connectivity index (χ3v) is 4.67. The van der Waals surface area contributed by atoms with Crippen molar-refractivity contribution in [1.29, 1.82) is 0 Å². The van der Waals surface area contributed by atoms with Crippen molar-refractivity contribution >= 4 is 10.9 Å². The predicted octanol–water partition coefficient (Wildman–Crippen LogP) is 1.14. The van der Waals surface area contributed by atoms with Crippen molar-refractivity contribution in [2.45, 2.75) is 19.0 Å². The number of benzene rings is 1. The Bertz CT molecular complexity index is 1090. The van der Waals surface area contributed by atoms with E-state index < -0.39 is 17.3 Å². The molecule has 0 saturated heterocycles. The van der Waals surface area contributed by atoms with E-state index in [0.29, 0.717) is 6.54 Å². The first-order chi connectivity index (χ1) is 12.1. The third-order valence-electron chi connectivity index (χ3n) is 4.67. The van der Waals surface area contributed by atoms with Crippen LogP contribution in [0.3, 0.4) is 0 Å². The molecule has 2 aromatic heterocycles. The van der Waals surface area contributed by atoms with Gasteiger partial charge in [0.05, 0.1) is 6.04 Å². The highest BCUT2D eigenvalue weighted by Crippen LogP contribution is 2.34. The van der Waals surface area contributed by atoms with Gasteiger partial charge in [-0.05, 0) is 18.1 Å². The van der Waals surface area contributed by atoms with Crippen LogP contribution in [0.2, 0.25) is 0 Å². The highest BCUT2D eigenvalue weighted by Gasteiger charge is 2.30. The summed E-state index contributed by atoms with van der Waals surface area (Å²) in [5.74, 6) is -0.336. The zero-order valence-corrected chi connectivity index (χ0v) is 13.5. The molecule has 128 valence electrons. The van der Waals surface area contributed by atoms with Crippen LogP contribution >= 0.6 is 0 Å². The molecule has 7 nitrogen and oxygen atoms in total. The Morgan fingerprint density at radius 3 is 2.88 bits per heavy atom. The van der Waals surface area contributed by atoms with Gasteiger partial charge < -0.3 is 15.4 Å². The van der Waals surface area contributed by atoms with Crippen molar-refractivity contribution in [3.05, 3.63) is 74.6 Å². The minimum Gasteiger partial charge on any atom is -0.494 e. The van der Waals surface area contributed by atoms with E-state index in [0.717, 1.165) is 33.1 Å². The number of aromatic amines is 2. The molecule has 1 aromatic carbocycles. The van der Waals surface area contributed by atoms with Gasteiger partial charge in [0.1, 0.15) is 5.56 Å². The van der Waals surface area contributed by atoms with E-state index in [1.165, 1.54) is 6.08 Å². The van der Waals surface area contributed by atoms with Gasteiger partial charge in [-0.2, -0.15) is 0 Å². The van der Waals surface area contributed by atoms with Crippen molar-refractivity contribution in [3.63, 3.8) is 0 Å². The first-order valence-corrected chi connectivity index (χ1v) is 8.11. The number of hydrogen-bond acceptors (Lipinski definition) is 4. The molecule has 0 radical (unpaired) electrons. The first-order valence-electron chi connectivity index (χ1n) is 8.11. The summed E-state index contributed by atoms with van der Waals surface area (Å²) in [5, 5.41) is 15.0. The Hall–Kier alpha value is -3.06. The molecule has 0 amide bonds. The molecule has 0 aliphatic carbocycles. The van der Waals surface area contributed by atoms with Crippen LogP contribution in [-0.4, -0.2) is 26.2 Å². The highest BCUT2D eigenvalue weighted by molar-refractivity contribution is 5.85. The van der Waals surface area contributed by atoms with Crippen molar-refractivity contribution in [3.8, 4) is 5.88 Å². The second-order valence-electron chi connectivity index (χ2n) is 6.10. The Morgan fingerprint density at radius 2 is 2.08 bits per heavy atom. The number of nitrogens with zero attached hydrogens (tertiary/aromatic N) is 1. The van der Waals surface area contributed by atoms with E-state index in [-0.39, 0.29) is 18.0 Å². The zero-order valence-electron chi connectivity index (χ0n) is 13.5. The molecule has 4 rings (SSSR count). The largest absolute Gasteiger partial charge is 0.494 e. The Kier molecular flexibility index (Phi) is 3.58.